The SMILES string of the molecule is Fc1cc(-c2cn3ncsc3n2)c(Cl)cc1Cl. The van der Waals surface area contributed by atoms with E-state index in [1.807, 2.05) is 0 Å². The number of aromatic nitrogens is 3. The lowest BCUT2D eigenvalue weighted by Crippen LogP contribution is -1.84. The molecule has 0 spiro atoms. The molecule has 0 saturated heterocycles. The van der Waals surface area contributed by atoms with Gasteiger partial charge in [-0.15, -0.1) is 0 Å². The van der Waals surface area contributed by atoms with Gasteiger partial charge in [-0.25, -0.2) is 13.9 Å². The van der Waals surface area contributed by atoms with Crippen LogP contribution in [0.25, 0.3) is 16.2 Å². The zero-order valence-corrected chi connectivity index (χ0v) is 10.5. The molecule has 0 unspecified atom stereocenters. The zero-order chi connectivity index (χ0) is 12.0. The fraction of sp³-hybridized carbons (Fsp3) is 0. The Labute approximate surface area is 109 Å². The number of hydrogen-bond donors (Lipinski definition) is 0. The molecule has 0 N–H and O–H groups in total. The van der Waals surface area contributed by atoms with E-state index in [0.717, 1.165) is 4.96 Å². The molecule has 0 bridgehead atoms. The molecule has 0 atom stereocenters. The number of nitrogens with zero attached hydrogens (tertiary/aromatic N) is 3. The molecule has 3 aromatic rings. The molecule has 3 nitrogen and oxygen atoms in total. The van der Waals surface area contributed by atoms with E-state index >= 15 is 0 Å². The van der Waals surface area contributed by atoms with E-state index in [2.05, 4.69) is 10.1 Å². The first-order chi connectivity index (χ1) is 8.15. The Bertz CT molecular complexity index is 678. The minimum absolute atomic E-state index is 0.00195. The molecule has 0 aliphatic carbocycles. The molecule has 1 aromatic carbocycles. The van der Waals surface area contributed by atoms with Crippen LogP contribution in [0.3, 0.4) is 0 Å². The molecule has 0 fully saturated rings. The maximum atomic E-state index is 13.4. The minimum atomic E-state index is -0.518. The van der Waals surface area contributed by atoms with Crippen LogP contribution in [0.1, 0.15) is 0 Å². The summed E-state index contributed by atoms with van der Waals surface area (Å²) in [4.78, 5) is 5.03. The summed E-state index contributed by atoms with van der Waals surface area (Å²) in [5.41, 5.74) is 2.76. The summed E-state index contributed by atoms with van der Waals surface area (Å²) in [6, 6.07) is 2.64. The highest BCUT2D eigenvalue weighted by Crippen LogP contribution is 2.32. The van der Waals surface area contributed by atoms with Gasteiger partial charge in [0.25, 0.3) is 0 Å². The van der Waals surface area contributed by atoms with Crippen molar-refractivity contribution in [2.45, 2.75) is 0 Å². The van der Waals surface area contributed by atoms with Crippen LogP contribution in [0.5, 0.6) is 0 Å². The second kappa shape index (κ2) is 3.94. The van der Waals surface area contributed by atoms with Gasteiger partial charge in [0.15, 0.2) is 0 Å². The van der Waals surface area contributed by atoms with E-state index in [4.69, 9.17) is 23.2 Å². The van der Waals surface area contributed by atoms with Gasteiger partial charge in [-0.3, -0.25) is 0 Å². The van der Waals surface area contributed by atoms with Crippen molar-refractivity contribution >= 4 is 39.5 Å². The third kappa shape index (κ3) is 1.80. The van der Waals surface area contributed by atoms with Crippen molar-refractivity contribution in [3.8, 4) is 11.3 Å². The molecule has 0 amide bonds. The van der Waals surface area contributed by atoms with Crippen LogP contribution in [0.2, 0.25) is 10.0 Å². The average molecular weight is 288 g/mol. The summed E-state index contributed by atoms with van der Waals surface area (Å²) in [5.74, 6) is -0.518. The molecule has 0 aliphatic rings. The van der Waals surface area contributed by atoms with Gasteiger partial charge in [-0.2, -0.15) is 5.10 Å². The standard InChI is InChI=1S/C10H4Cl2FN3S/c11-6-2-7(12)8(13)1-5(6)9-3-16-10(15-9)17-4-14-16/h1-4H. The van der Waals surface area contributed by atoms with Gasteiger partial charge in [0, 0.05) is 5.56 Å². The van der Waals surface area contributed by atoms with Gasteiger partial charge in [0.2, 0.25) is 4.96 Å². The minimum Gasteiger partial charge on any atom is -0.217 e. The highest BCUT2D eigenvalue weighted by Gasteiger charge is 2.12. The first-order valence-corrected chi connectivity index (χ1v) is 6.22. The molecular weight excluding hydrogens is 284 g/mol. The lowest BCUT2D eigenvalue weighted by molar-refractivity contribution is 0.628. The van der Waals surface area contributed by atoms with Crippen LogP contribution in [0, 0.1) is 5.82 Å². The monoisotopic (exact) mass is 287 g/mol. The summed E-state index contributed by atoms with van der Waals surface area (Å²) < 4.78 is 15.0. The highest BCUT2D eigenvalue weighted by atomic mass is 35.5. The lowest BCUT2D eigenvalue weighted by Gasteiger charge is -2.02. The largest absolute Gasteiger partial charge is 0.217 e. The molecule has 3 rings (SSSR count). The van der Waals surface area contributed by atoms with Crippen LogP contribution < -0.4 is 0 Å². The summed E-state index contributed by atoms with van der Waals surface area (Å²) in [5, 5.41) is 4.41. The Kier molecular flexibility index (Phi) is 2.54. The summed E-state index contributed by atoms with van der Waals surface area (Å²) in [7, 11) is 0. The van der Waals surface area contributed by atoms with Gasteiger partial charge < -0.3 is 0 Å². The van der Waals surface area contributed by atoms with Crippen molar-refractivity contribution in [3.63, 3.8) is 0 Å². The van der Waals surface area contributed by atoms with E-state index in [-0.39, 0.29) is 5.02 Å². The smallest absolute Gasteiger partial charge is 0.212 e. The van der Waals surface area contributed by atoms with E-state index in [1.165, 1.54) is 23.5 Å². The zero-order valence-electron chi connectivity index (χ0n) is 8.19. The Morgan fingerprint density at radius 1 is 1.24 bits per heavy atom. The molecule has 0 aliphatic heterocycles. The Balaban J connectivity index is 2.21. The lowest BCUT2D eigenvalue weighted by atomic mass is 10.1. The van der Waals surface area contributed by atoms with E-state index in [0.29, 0.717) is 16.3 Å². The maximum Gasteiger partial charge on any atom is 0.212 e. The van der Waals surface area contributed by atoms with Crippen LogP contribution >= 0.6 is 34.5 Å². The van der Waals surface area contributed by atoms with Crippen LogP contribution in [0.4, 0.5) is 4.39 Å². The average Bonchev–Trinajstić information content (AvgIpc) is 2.83. The number of halogens is 3. The second-order valence-corrected chi connectivity index (χ2v) is 4.96. The van der Waals surface area contributed by atoms with E-state index in [9.17, 15) is 4.39 Å². The molecule has 2 heterocycles. The molecule has 2 aromatic heterocycles. The summed E-state index contributed by atoms with van der Waals surface area (Å²) in [6.07, 6.45) is 1.69. The summed E-state index contributed by atoms with van der Waals surface area (Å²) >= 11 is 13.0. The Morgan fingerprint density at radius 2 is 2.06 bits per heavy atom. The quantitative estimate of drug-likeness (QED) is 0.636. The number of rotatable bonds is 1. The number of fused-ring (bicyclic) bond motifs is 1. The number of hydrogen-bond acceptors (Lipinski definition) is 3. The van der Waals surface area contributed by atoms with Crippen LogP contribution in [0.15, 0.2) is 23.8 Å². The molecule has 0 saturated carbocycles. The first-order valence-electron chi connectivity index (χ1n) is 4.59. The van der Waals surface area contributed by atoms with Gasteiger partial charge in [0.05, 0.1) is 21.9 Å². The predicted octanol–water partition coefficient (Wildman–Crippen LogP) is 3.90. The Hall–Kier alpha value is -1.17. The third-order valence-corrected chi connectivity index (χ3v) is 3.56. The van der Waals surface area contributed by atoms with Crippen molar-refractivity contribution in [2.24, 2.45) is 0 Å². The number of imidazole rings is 1. The maximum absolute atomic E-state index is 13.4. The topological polar surface area (TPSA) is 30.2 Å². The van der Waals surface area contributed by atoms with Crippen molar-refractivity contribution in [1.29, 1.82) is 0 Å². The van der Waals surface area contributed by atoms with Gasteiger partial charge in [0.1, 0.15) is 11.3 Å². The van der Waals surface area contributed by atoms with Crippen LogP contribution in [-0.4, -0.2) is 14.6 Å². The summed E-state index contributed by atoms with van der Waals surface area (Å²) in [6.45, 7) is 0. The fourth-order valence-electron chi connectivity index (χ4n) is 1.49. The highest BCUT2D eigenvalue weighted by molar-refractivity contribution is 7.14. The number of benzene rings is 1. The van der Waals surface area contributed by atoms with E-state index in [1.54, 1.807) is 16.2 Å². The molecular formula is C10H4Cl2FN3S. The fourth-order valence-corrected chi connectivity index (χ4v) is 2.57. The van der Waals surface area contributed by atoms with Gasteiger partial charge in [-0.05, 0) is 12.1 Å². The Morgan fingerprint density at radius 3 is 2.82 bits per heavy atom. The molecule has 0 radical (unpaired) electrons. The van der Waals surface area contributed by atoms with Crippen molar-refractivity contribution in [2.75, 3.05) is 0 Å². The van der Waals surface area contributed by atoms with Crippen molar-refractivity contribution in [1.82, 2.24) is 14.6 Å². The normalized spacial score (nSPS) is 11.2. The molecule has 17 heavy (non-hydrogen) atoms. The first kappa shape index (κ1) is 11.0. The van der Waals surface area contributed by atoms with E-state index < -0.39 is 5.82 Å². The van der Waals surface area contributed by atoms with Crippen molar-refractivity contribution in [3.05, 3.63) is 39.7 Å². The molecule has 86 valence electrons. The second-order valence-electron chi connectivity index (χ2n) is 3.34. The van der Waals surface area contributed by atoms with Gasteiger partial charge in [-0.1, -0.05) is 34.5 Å². The van der Waals surface area contributed by atoms with Gasteiger partial charge >= 0.3 is 0 Å². The molecule has 7 heteroatoms. The van der Waals surface area contributed by atoms with Crippen LogP contribution in [-0.2, 0) is 0 Å². The predicted molar refractivity (Wildman–Crippen MR) is 66.3 cm³/mol. The van der Waals surface area contributed by atoms with Crippen molar-refractivity contribution < 1.29 is 4.39 Å². The third-order valence-electron chi connectivity index (χ3n) is 2.27.